The molecule has 37 heavy (non-hydrogen) atoms. The summed E-state index contributed by atoms with van der Waals surface area (Å²) in [6.07, 6.45) is 1.60. The molecule has 10 heteroatoms. The lowest BCUT2D eigenvalue weighted by Crippen LogP contribution is -2.37. The van der Waals surface area contributed by atoms with Gasteiger partial charge >= 0.3 is 0 Å². The molecule has 3 aromatic rings. The normalized spacial score (nSPS) is 17.1. The number of rotatable bonds is 8. The minimum absolute atomic E-state index is 0.00306. The summed E-state index contributed by atoms with van der Waals surface area (Å²) in [7, 11) is 2.77. The molecule has 4 rings (SSSR count). The van der Waals surface area contributed by atoms with E-state index in [1.165, 1.54) is 35.8 Å². The Morgan fingerprint density at radius 1 is 1.03 bits per heavy atom. The Bertz CT molecular complexity index is 1370. The molecule has 0 bridgehead atoms. The zero-order valence-electron chi connectivity index (χ0n) is 20.7. The molecule has 1 aliphatic heterocycles. The summed E-state index contributed by atoms with van der Waals surface area (Å²) in [5, 5.41) is 2.70. The summed E-state index contributed by atoms with van der Waals surface area (Å²) < 4.78 is 41.7. The van der Waals surface area contributed by atoms with Crippen molar-refractivity contribution in [1.82, 2.24) is 9.88 Å². The fraction of sp³-hybridized carbons (Fsp3) is 0.296. The average molecular weight is 512 g/mol. The quantitative estimate of drug-likeness (QED) is 0.501. The first-order chi connectivity index (χ1) is 17.8. The van der Waals surface area contributed by atoms with Gasteiger partial charge in [-0.05, 0) is 37.3 Å². The van der Waals surface area contributed by atoms with Crippen LogP contribution in [0.1, 0.15) is 28.8 Å². The second-order valence-corrected chi connectivity index (χ2v) is 8.59. The molecule has 1 aromatic heterocycles. The first-order valence-corrected chi connectivity index (χ1v) is 11.7. The highest BCUT2D eigenvalue weighted by Crippen LogP contribution is 2.39. The number of carbonyl (C=O) groups is 2. The maximum Gasteiger partial charge on any atom is 0.274 e. The first-order valence-electron chi connectivity index (χ1n) is 11.7. The van der Waals surface area contributed by atoms with Crippen molar-refractivity contribution in [2.75, 3.05) is 32.2 Å². The van der Waals surface area contributed by atoms with E-state index in [0.717, 1.165) is 12.1 Å². The van der Waals surface area contributed by atoms with Gasteiger partial charge in [-0.2, -0.15) is 0 Å². The smallest absolute Gasteiger partial charge is 0.274 e. The number of amides is 2. The molecule has 2 heterocycles. The summed E-state index contributed by atoms with van der Waals surface area (Å²) in [4.78, 5) is 40.6. The van der Waals surface area contributed by atoms with E-state index < -0.39 is 40.8 Å². The number of aromatic nitrogens is 1. The fourth-order valence-corrected chi connectivity index (χ4v) is 4.61. The molecule has 0 radical (unpaired) electrons. The van der Waals surface area contributed by atoms with Crippen molar-refractivity contribution in [3.8, 4) is 11.5 Å². The first kappa shape index (κ1) is 25.9. The van der Waals surface area contributed by atoms with Crippen LogP contribution in [0.15, 0.2) is 59.5 Å². The molecule has 0 aliphatic carbocycles. The van der Waals surface area contributed by atoms with Gasteiger partial charge in [-0.1, -0.05) is 6.07 Å². The van der Waals surface area contributed by atoms with Crippen LogP contribution in [0.5, 0.6) is 11.5 Å². The fourth-order valence-electron chi connectivity index (χ4n) is 4.61. The highest BCUT2D eigenvalue weighted by Gasteiger charge is 2.45. The summed E-state index contributed by atoms with van der Waals surface area (Å²) in [5.74, 6) is -4.27. The van der Waals surface area contributed by atoms with Crippen LogP contribution in [-0.2, 0) is 11.3 Å². The number of carbonyl (C=O) groups excluding carboxylic acids is 2. The average Bonchev–Trinajstić information content (AvgIpc) is 3.22. The SMILES string of the molecule is CCn1cccc(N2C[C@@H](c3c(F)cc(OC)cc3F)C(CNC(=O)c3cccc(OC)c3)C2=O)c1=O. The zero-order valence-corrected chi connectivity index (χ0v) is 20.7. The maximum atomic E-state index is 15.1. The number of ether oxygens (including phenoxy) is 2. The molecule has 1 aliphatic rings. The van der Waals surface area contributed by atoms with E-state index >= 15 is 8.78 Å². The van der Waals surface area contributed by atoms with Crippen LogP contribution < -0.4 is 25.2 Å². The van der Waals surface area contributed by atoms with Crippen LogP contribution in [-0.4, -0.2) is 43.7 Å². The van der Waals surface area contributed by atoms with Crippen molar-refractivity contribution in [3.05, 3.63) is 87.8 Å². The van der Waals surface area contributed by atoms with Crippen molar-refractivity contribution in [2.24, 2.45) is 5.92 Å². The van der Waals surface area contributed by atoms with Gasteiger partial charge in [-0.15, -0.1) is 0 Å². The van der Waals surface area contributed by atoms with Crippen molar-refractivity contribution >= 4 is 17.5 Å². The third kappa shape index (κ3) is 5.04. The molecule has 2 amide bonds. The third-order valence-electron chi connectivity index (χ3n) is 6.55. The Kier molecular flexibility index (Phi) is 7.56. The van der Waals surface area contributed by atoms with Crippen molar-refractivity contribution in [3.63, 3.8) is 0 Å². The van der Waals surface area contributed by atoms with Crippen LogP contribution in [0.3, 0.4) is 0 Å². The number of anilines is 1. The molecular formula is C27H27F2N3O5. The molecule has 1 unspecified atom stereocenters. The zero-order chi connectivity index (χ0) is 26.7. The van der Waals surface area contributed by atoms with Gasteiger partial charge in [0, 0.05) is 55.0 Å². The van der Waals surface area contributed by atoms with E-state index in [0.29, 0.717) is 17.9 Å². The Hall–Kier alpha value is -4.21. The highest BCUT2D eigenvalue weighted by molar-refractivity contribution is 5.99. The Balaban J connectivity index is 1.70. The number of aryl methyl sites for hydroxylation is 1. The number of hydrogen-bond acceptors (Lipinski definition) is 5. The number of methoxy groups -OCH3 is 2. The lowest BCUT2D eigenvalue weighted by Gasteiger charge is -2.19. The van der Waals surface area contributed by atoms with Crippen LogP contribution in [0, 0.1) is 17.6 Å². The van der Waals surface area contributed by atoms with Crippen molar-refractivity contribution < 1.29 is 27.8 Å². The van der Waals surface area contributed by atoms with Crippen molar-refractivity contribution in [2.45, 2.75) is 19.4 Å². The second-order valence-electron chi connectivity index (χ2n) is 8.59. The second kappa shape index (κ2) is 10.8. The number of nitrogens with zero attached hydrogens (tertiary/aromatic N) is 2. The number of hydrogen-bond donors (Lipinski definition) is 1. The van der Waals surface area contributed by atoms with E-state index in [1.807, 2.05) is 0 Å². The lowest BCUT2D eigenvalue weighted by molar-refractivity contribution is -0.120. The van der Waals surface area contributed by atoms with Gasteiger partial charge in [0.1, 0.15) is 28.8 Å². The molecular weight excluding hydrogens is 484 g/mol. The van der Waals surface area contributed by atoms with Gasteiger partial charge < -0.3 is 24.3 Å². The van der Waals surface area contributed by atoms with Crippen LogP contribution in [0.4, 0.5) is 14.5 Å². The molecule has 1 saturated heterocycles. The largest absolute Gasteiger partial charge is 0.497 e. The van der Waals surface area contributed by atoms with E-state index in [-0.39, 0.29) is 30.1 Å². The van der Waals surface area contributed by atoms with Crippen LogP contribution >= 0.6 is 0 Å². The molecule has 2 aromatic carbocycles. The third-order valence-corrected chi connectivity index (χ3v) is 6.55. The highest BCUT2D eigenvalue weighted by atomic mass is 19.1. The molecule has 0 spiro atoms. The van der Waals surface area contributed by atoms with Crippen LogP contribution in [0.25, 0.3) is 0 Å². The Morgan fingerprint density at radius 2 is 1.73 bits per heavy atom. The van der Waals surface area contributed by atoms with E-state index in [1.54, 1.807) is 37.4 Å². The summed E-state index contributed by atoms with van der Waals surface area (Å²) in [5.41, 5.74) is -0.290. The predicted octanol–water partition coefficient (Wildman–Crippen LogP) is 3.34. The maximum absolute atomic E-state index is 15.1. The molecule has 1 N–H and O–H groups in total. The number of nitrogens with one attached hydrogen (secondary N) is 1. The standard InChI is InChI=1S/C27H27F2N3O5/c1-4-31-10-6-9-23(27(31)35)32-15-20(24-21(28)12-18(37-3)13-22(24)29)19(26(32)34)14-30-25(33)16-7-5-8-17(11-16)36-2/h5-13,19-20H,4,14-15H2,1-3H3,(H,30,33)/t19?,20-/m1/s1. The molecule has 194 valence electrons. The van der Waals surface area contributed by atoms with Gasteiger partial charge in [0.25, 0.3) is 11.5 Å². The van der Waals surface area contributed by atoms with Gasteiger partial charge in [0.2, 0.25) is 5.91 Å². The topological polar surface area (TPSA) is 89.9 Å². The van der Waals surface area contributed by atoms with Gasteiger partial charge in [-0.25, -0.2) is 8.78 Å². The minimum Gasteiger partial charge on any atom is -0.497 e. The predicted molar refractivity (Wildman–Crippen MR) is 133 cm³/mol. The monoisotopic (exact) mass is 511 g/mol. The number of halogens is 2. The molecule has 2 atom stereocenters. The van der Waals surface area contributed by atoms with Crippen LogP contribution in [0.2, 0.25) is 0 Å². The van der Waals surface area contributed by atoms with E-state index in [4.69, 9.17) is 9.47 Å². The lowest BCUT2D eigenvalue weighted by atomic mass is 9.87. The molecule has 8 nitrogen and oxygen atoms in total. The summed E-state index contributed by atoms with van der Waals surface area (Å²) >= 11 is 0. The van der Waals surface area contributed by atoms with Gasteiger partial charge in [0.15, 0.2) is 0 Å². The summed E-state index contributed by atoms with van der Waals surface area (Å²) in [6.45, 7) is 1.84. The van der Waals surface area contributed by atoms with Gasteiger partial charge in [0.05, 0.1) is 20.1 Å². The molecule has 1 fully saturated rings. The number of pyridine rings is 1. The van der Waals surface area contributed by atoms with E-state index in [2.05, 4.69) is 5.32 Å². The van der Waals surface area contributed by atoms with E-state index in [9.17, 15) is 14.4 Å². The van der Waals surface area contributed by atoms with Crippen molar-refractivity contribution in [1.29, 1.82) is 0 Å². The summed E-state index contributed by atoms with van der Waals surface area (Å²) in [6, 6.07) is 11.7. The minimum atomic E-state index is -1.03. The Labute approximate surface area is 212 Å². The Morgan fingerprint density at radius 3 is 2.38 bits per heavy atom. The molecule has 0 saturated carbocycles. The number of benzene rings is 2. The van der Waals surface area contributed by atoms with Gasteiger partial charge in [-0.3, -0.25) is 14.4 Å².